The highest BCUT2D eigenvalue weighted by Crippen LogP contribution is 2.18. The van der Waals surface area contributed by atoms with Crippen LogP contribution in [0.5, 0.6) is 0 Å². The minimum Gasteiger partial charge on any atom is -0.481 e. The molecule has 1 unspecified atom stereocenters. The number of carboxylic acids is 1. The van der Waals surface area contributed by atoms with E-state index in [0.29, 0.717) is 26.3 Å². The molecule has 120 valence electrons. The molecule has 0 saturated carbocycles. The molecule has 0 aliphatic carbocycles. The fourth-order valence-corrected chi connectivity index (χ4v) is 4.15. The molecule has 9 heteroatoms. The molecule has 2 heterocycles. The van der Waals surface area contributed by atoms with E-state index in [2.05, 4.69) is 0 Å². The van der Waals surface area contributed by atoms with Crippen LogP contribution in [0, 0.1) is 0 Å². The number of hydrogen-bond donors (Lipinski definition) is 1. The molecule has 0 aromatic heterocycles. The quantitative estimate of drug-likeness (QED) is 0.729. The number of rotatable bonds is 2. The van der Waals surface area contributed by atoms with Gasteiger partial charge in [0.25, 0.3) is 0 Å². The van der Waals surface area contributed by atoms with Gasteiger partial charge in [-0.15, -0.1) is 0 Å². The lowest BCUT2D eigenvalue weighted by molar-refractivity contribution is -0.138. The first-order valence-corrected chi connectivity index (χ1v) is 8.77. The van der Waals surface area contributed by atoms with E-state index in [1.807, 2.05) is 0 Å². The number of amides is 2. The van der Waals surface area contributed by atoms with Crippen LogP contribution in [-0.2, 0) is 19.4 Å². The highest BCUT2D eigenvalue weighted by Gasteiger charge is 2.37. The second kappa shape index (κ2) is 6.61. The Labute approximate surface area is 123 Å². The van der Waals surface area contributed by atoms with Gasteiger partial charge in [-0.3, -0.25) is 4.79 Å². The Morgan fingerprint density at radius 1 is 1.19 bits per heavy atom. The number of sulfone groups is 1. The monoisotopic (exact) mass is 320 g/mol. The van der Waals surface area contributed by atoms with Gasteiger partial charge in [0.05, 0.1) is 30.6 Å². The number of carbonyl (C=O) groups excluding carboxylic acids is 1. The van der Waals surface area contributed by atoms with Crippen molar-refractivity contribution in [3.05, 3.63) is 0 Å². The SMILES string of the molecule is O=C(O)CC1CS(=O)(=O)CCN1C(=O)N1CCCOCC1. The number of carboxylic acid groups (broad SMARTS) is 1. The molecule has 0 radical (unpaired) electrons. The largest absolute Gasteiger partial charge is 0.481 e. The molecule has 1 atom stereocenters. The molecule has 0 aromatic rings. The van der Waals surface area contributed by atoms with Crippen LogP contribution in [0.15, 0.2) is 0 Å². The van der Waals surface area contributed by atoms with Gasteiger partial charge in [-0.2, -0.15) is 0 Å². The molecule has 1 N–H and O–H groups in total. The first-order chi connectivity index (χ1) is 9.89. The lowest BCUT2D eigenvalue weighted by atomic mass is 10.2. The molecule has 2 amide bonds. The molecule has 0 bridgehead atoms. The van der Waals surface area contributed by atoms with E-state index in [1.165, 1.54) is 4.90 Å². The standard InChI is InChI=1S/C12H20N2O6S/c15-11(16)8-10-9-21(18,19)7-4-14(10)12(17)13-2-1-5-20-6-3-13/h10H,1-9H2,(H,15,16). The number of hydrogen-bond acceptors (Lipinski definition) is 5. The summed E-state index contributed by atoms with van der Waals surface area (Å²) in [6, 6.07) is -1.08. The van der Waals surface area contributed by atoms with E-state index >= 15 is 0 Å². The zero-order valence-electron chi connectivity index (χ0n) is 11.7. The van der Waals surface area contributed by atoms with E-state index in [9.17, 15) is 18.0 Å². The molecule has 0 spiro atoms. The van der Waals surface area contributed by atoms with Crippen molar-refractivity contribution in [1.29, 1.82) is 0 Å². The van der Waals surface area contributed by atoms with Crippen molar-refractivity contribution in [2.75, 3.05) is 44.4 Å². The van der Waals surface area contributed by atoms with E-state index in [4.69, 9.17) is 9.84 Å². The van der Waals surface area contributed by atoms with E-state index in [1.54, 1.807) is 4.90 Å². The number of ether oxygens (including phenoxy) is 1. The Balaban J connectivity index is 2.10. The summed E-state index contributed by atoms with van der Waals surface area (Å²) in [5.74, 6) is -1.50. The topological polar surface area (TPSA) is 104 Å². The highest BCUT2D eigenvalue weighted by atomic mass is 32.2. The van der Waals surface area contributed by atoms with Gasteiger partial charge in [0.1, 0.15) is 0 Å². The molecule has 2 saturated heterocycles. The lowest BCUT2D eigenvalue weighted by Gasteiger charge is -2.37. The third-order valence-corrected chi connectivity index (χ3v) is 5.38. The first-order valence-electron chi connectivity index (χ1n) is 6.94. The van der Waals surface area contributed by atoms with Gasteiger partial charge in [0.15, 0.2) is 9.84 Å². The van der Waals surface area contributed by atoms with Crippen molar-refractivity contribution in [3.63, 3.8) is 0 Å². The fourth-order valence-electron chi connectivity index (χ4n) is 2.63. The fraction of sp³-hybridized carbons (Fsp3) is 0.833. The van der Waals surface area contributed by atoms with Crippen LogP contribution in [0.25, 0.3) is 0 Å². The number of carbonyl (C=O) groups is 2. The van der Waals surface area contributed by atoms with Crippen LogP contribution in [-0.4, -0.2) is 85.7 Å². The zero-order valence-corrected chi connectivity index (χ0v) is 12.5. The Morgan fingerprint density at radius 3 is 2.67 bits per heavy atom. The minimum absolute atomic E-state index is 0.0521. The van der Waals surface area contributed by atoms with Crippen molar-refractivity contribution in [2.45, 2.75) is 18.9 Å². The molecule has 21 heavy (non-hydrogen) atoms. The summed E-state index contributed by atoms with van der Waals surface area (Å²) in [6.07, 6.45) is 0.372. The van der Waals surface area contributed by atoms with Gasteiger partial charge in [0, 0.05) is 26.2 Å². The normalized spacial score (nSPS) is 26.2. The van der Waals surface area contributed by atoms with Gasteiger partial charge in [0.2, 0.25) is 0 Å². The Bertz CT molecular complexity index is 498. The Kier molecular flexibility index (Phi) is 5.04. The molecule has 2 rings (SSSR count). The van der Waals surface area contributed by atoms with Crippen molar-refractivity contribution >= 4 is 21.8 Å². The molecule has 2 fully saturated rings. The molecule has 0 aromatic carbocycles. The highest BCUT2D eigenvalue weighted by molar-refractivity contribution is 7.91. The van der Waals surface area contributed by atoms with Crippen LogP contribution in [0.1, 0.15) is 12.8 Å². The van der Waals surface area contributed by atoms with Gasteiger partial charge < -0.3 is 19.6 Å². The summed E-state index contributed by atoms with van der Waals surface area (Å²) in [6.45, 7) is 2.08. The minimum atomic E-state index is -3.28. The third-order valence-electron chi connectivity index (χ3n) is 3.68. The summed E-state index contributed by atoms with van der Waals surface area (Å²) in [7, 11) is -3.28. The van der Waals surface area contributed by atoms with Crippen LogP contribution < -0.4 is 0 Å². The number of urea groups is 1. The Morgan fingerprint density at radius 2 is 1.95 bits per heavy atom. The van der Waals surface area contributed by atoms with Crippen LogP contribution in [0.3, 0.4) is 0 Å². The average Bonchev–Trinajstić information content (AvgIpc) is 2.65. The zero-order chi connectivity index (χ0) is 15.5. The van der Waals surface area contributed by atoms with Gasteiger partial charge in [-0.05, 0) is 6.42 Å². The summed E-state index contributed by atoms with van der Waals surface area (Å²) in [4.78, 5) is 26.4. The average molecular weight is 320 g/mol. The smallest absolute Gasteiger partial charge is 0.320 e. The lowest BCUT2D eigenvalue weighted by Crippen LogP contribution is -2.56. The maximum Gasteiger partial charge on any atom is 0.320 e. The van der Waals surface area contributed by atoms with Crippen molar-refractivity contribution in [3.8, 4) is 0 Å². The third kappa shape index (κ3) is 4.31. The van der Waals surface area contributed by atoms with Crippen molar-refractivity contribution in [2.24, 2.45) is 0 Å². The van der Waals surface area contributed by atoms with Gasteiger partial charge in [-0.25, -0.2) is 13.2 Å². The summed E-state index contributed by atoms with van der Waals surface area (Å²) >= 11 is 0. The van der Waals surface area contributed by atoms with Gasteiger partial charge in [-0.1, -0.05) is 0 Å². The molecule has 2 aliphatic heterocycles. The van der Waals surface area contributed by atoms with Crippen molar-refractivity contribution in [1.82, 2.24) is 9.80 Å². The van der Waals surface area contributed by atoms with Crippen LogP contribution in [0.2, 0.25) is 0 Å². The second-order valence-corrected chi connectivity index (χ2v) is 7.52. The predicted octanol–water partition coefficient (Wildman–Crippen LogP) is -0.598. The maximum absolute atomic E-state index is 12.5. The van der Waals surface area contributed by atoms with E-state index in [0.717, 1.165) is 6.42 Å². The van der Waals surface area contributed by atoms with Crippen LogP contribution >= 0.6 is 0 Å². The Hall–Kier alpha value is -1.35. The molecular formula is C12H20N2O6S. The number of aliphatic carboxylic acids is 1. The first kappa shape index (κ1) is 16.0. The summed E-state index contributed by atoms with van der Waals surface area (Å²) in [5.41, 5.74) is 0. The van der Waals surface area contributed by atoms with Gasteiger partial charge >= 0.3 is 12.0 Å². The molecule has 2 aliphatic rings. The molecule has 8 nitrogen and oxygen atoms in total. The van der Waals surface area contributed by atoms with Crippen LogP contribution in [0.4, 0.5) is 4.79 Å². The van der Waals surface area contributed by atoms with Crippen molar-refractivity contribution < 1.29 is 27.9 Å². The van der Waals surface area contributed by atoms with E-state index < -0.39 is 21.8 Å². The molecular weight excluding hydrogens is 300 g/mol. The number of nitrogens with zero attached hydrogens (tertiary/aromatic N) is 2. The second-order valence-electron chi connectivity index (χ2n) is 5.29. The predicted molar refractivity (Wildman–Crippen MR) is 73.8 cm³/mol. The summed E-state index contributed by atoms with van der Waals surface area (Å²) in [5, 5.41) is 8.92. The van der Waals surface area contributed by atoms with E-state index in [-0.39, 0.29) is 30.5 Å². The summed E-state index contributed by atoms with van der Waals surface area (Å²) < 4.78 is 28.6. The maximum atomic E-state index is 12.5.